The number of rotatable bonds is 7. The molecular weight excluding hydrogens is 302 g/mol. The lowest BCUT2D eigenvalue weighted by Gasteiger charge is -2.20. The lowest BCUT2D eigenvalue weighted by molar-refractivity contribution is 0.429. The minimum Gasteiger partial charge on any atom is -0.212 e. The van der Waals surface area contributed by atoms with E-state index in [0.717, 1.165) is 12.0 Å². The SMILES string of the molecule is CCCN(CCBr)S(=O)(=O)Cc1ccccc1. The van der Waals surface area contributed by atoms with Crippen LogP contribution >= 0.6 is 15.9 Å². The molecule has 5 heteroatoms. The van der Waals surface area contributed by atoms with Gasteiger partial charge in [0, 0.05) is 18.4 Å². The smallest absolute Gasteiger partial charge is 0.212 e. The van der Waals surface area contributed by atoms with E-state index >= 15 is 0 Å². The highest BCUT2D eigenvalue weighted by atomic mass is 79.9. The van der Waals surface area contributed by atoms with Gasteiger partial charge >= 0.3 is 0 Å². The Hall–Kier alpha value is -0.390. The fourth-order valence-corrected chi connectivity index (χ4v) is 3.90. The third-order valence-corrected chi connectivity index (χ3v) is 4.60. The van der Waals surface area contributed by atoms with Gasteiger partial charge in [-0.2, -0.15) is 0 Å². The summed E-state index contributed by atoms with van der Waals surface area (Å²) in [6.45, 7) is 3.10. The molecule has 0 amide bonds. The van der Waals surface area contributed by atoms with Crippen molar-refractivity contribution in [2.75, 3.05) is 18.4 Å². The Morgan fingerprint density at radius 1 is 1.18 bits per heavy atom. The maximum Gasteiger partial charge on any atom is 0.218 e. The maximum atomic E-state index is 12.2. The molecule has 0 aliphatic heterocycles. The van der Waals surface area contributed by atoms with Crippen LogP contribution in [0.3, 0.4) is 0 Å². The molecule has 0 bridgehead atoms. The van der Waals surface area contributed by atoms with Crippen molar-refractivity contribution in [2.24, 2.45) is 0 Å². The maximum absolute atomic E-state index is 12.2. The van der Waals surface area contributed by atoms with Crippen molar-refractivity contribution >= 4 is 26.0 Å². The summed E-state index contributed by atoms with van der Waals surface area (Å²) in [5.74, 6) is 0.0842. The Morgan fingerprint density at radius 2 is 1.82 bits per heavy atom. The van der Waals surface area contributed by atoms with Gasteiger partial charge in [0.1, 0.15) is 0 Å². The van der Waals surface area contributed by atoms with Gasteiger partial charge in [-0.15, -0.1) is 0 Å². The van der Waals surface area contributed by atoms with Crippen molar-refractivity contribution in [3.05, 3.63) is 35.9 Å². The van der Waals surface area contributed by atoms with Crippen molar-refractivity contribution in [1.29, 1.82) is 0 Å². The summed E-state index contributed by atoms with van der Waals surface area (Å²) in [5, 5.41) is 0.668. The summed E-state index contributed by atoms with van der Waals surface area (Å²) in [6, 6.07) is 9.29. The summed E-state index contributed by atoms with van der Waals surface area (Å²) in [7, 11) is -3.20. The average Bonchev–Trinajstić information content (AvgIpc) is 2.29. The molecule has 0 heterocycles. The molecule has 0 saturated heterocycles. The highest BCUT2D eigenvalue weighted by Crippen LogP contribution is 2.11. The molecule has 0 aliphatic rings. The number of sulfonamides is 1. The molecule has 0 aliphatic carbocycles. The van der Waals surface area contributed by atoms with Crippen LogP contribution in [0.5, 0.6) is 0 Å². The van der Waals surface area contributed by atoms with Gasteiger partial charge in [0.05, 0.1) is 5.75 Å². The Kier molecular flexibility index (Phi) is 6.16. The number of halogens is 1. The minimum atomic E-state index is -3.20. The second-order valence-corrected chi connectivity index (χ2v) is 6.59. The fraction of sp³-hybridized carbons (Fsp3) is 0.500. The van der Waals surface area contributed by atoms with Gasteiger partial charge in [-0.3, -0.25) is 0 Å². The molecule has 0 radical (unpaired) electrons. The average molecular weight is 320 g/mol. The summed E-state index contributed by atoms with van der Waals surface area (Å²) in [4.78, 5) is 0. The fourth-order valence-electron chi connectivity index (χ4n) is 1.61. The van der Waals surface area contributed by atoms with Crippen LogP contribution < -0.4 is 0 Å². The first-order valence-corrected chi connectivity index (χ1v) is 8.41. The summed E-state index contributed by atoms with van der Waals surface area (Å²) in [6.07, 6.45) is 0.834. The second-order valence-electron chi connectivity index (χ2n) is 3.83. The van der Waals surface area contributed by atoms with Crippen molar-refractivity contribution < 1.29 is 8.42 Å². The van der Waals surface area contributed by atoms with Crippen LogP contribution in [0.15, 0.2) is 30.3 Å². The third-order valence-electron chi connectivity index (χ3n) is 2.39. The first-order chi connectivity index (χ1) is 8.10. The van der Waals surface area contributed by atoms with Gasteiger partial charge in [-0.25, -0.2) is 12.7 Å². The lowest BCUT2D eigenvalue weighted by Crippen LogP contribution is -2.34. The van der Waals surface area contributed by atoms with Crippen molar-refractivity contribution in [1.82, 2.24) is 4.31 Å². The van der Waals surface area contributed by atoms with Gasteiger partial charge in [0.25, 0.3) is 0 Å². The molecule has 17 heavy (non-hydrogen) atoms. The van der Waals surface area contributed by atoms with E-state index in [1.165, 1.54) is 0 Å². The Morgan fingerprint density at radius 3 is 2.35 bits per heavy atom. The quantitative estimate of drug-likeness (QED) is 0.724. The van der Waals surface area contributed by atoms with E-state index in [-0.39, 0.29) is 5.75 Å². The van der Waals surface area contributed by atoms with E-state index < -0.39 is 10.0 Å². The third kappa shape index (κ3) is 4.77. The van der Waals surface area contributed by atoms with E-state index in [1.807, 2.05) is 37.3 Å². The van der Waals surface area contributed by atoms with E-state index in [1.54, 1.807) is 4.31 Å². The normalized spacial score (nSPS) is 11.9. The van der Waals surface area contributed by atoms with Crippen LogP contribution in [-0.4, -0.2) is 31.1 Å². The number of hydrogen-bond acceptors (Lipinski definition) is 2. The van der Waals surface area contributed by atoms with Crippen molar-refractivity contribution in [2.45, 2.75) is 19.1 Å². The standard InChI is InChI=1S/C12H18BrNO2S/c1-2-9-14(10-8-13)17(15,16)11-12-6-4-3-5-7-12/h3-7H,2,8-11H2,1H3. The predicted molar refractivity (Wildman–Crippen MR) is 74.7 cm³/mol. The molecule has 0 atom stereocenters. The monoisotopic (exact) mass is 319 g/mol. The predicted octanol–water partition coefficient (Wildman–Crippen LogP) is 2.62. The highest BCUT2D eigenvalue weighted by molar-refractivity contribution is 9.09. The van der Waals surface area contributed by atoms with Gasteiger partial charge in [-0.1, -0.05) is 53.2 Å². The molecule has 0 N–H and O–H groups in total. The zero-order valence-corrected chi connectivity index (χ0v) is 12.4. The molecule has 1 aromatic rings. The van der Waals surface area contributed by atoms with Crippen LogP contribution in [0.1, 0.15) is 18.9 Å². The van der Waals surface area contributed by atoms with Gasteiger partial charge < -0.3 is 0 Å². The van der Waals surface area contributed by atoms with E-state index in [2.05, 4.69) is 15.9 Å². The van der Waals surface area contributed by atoms with Crippen LogP contribution in [0, 0.1) is 0 Å². The van der Waals surface area contributed by atoms with Gasteiger partial charge in [0.2, 0.25) is 10.0 Å². The second kappa shape index (κ2) is 7.13. The van der Waals surface area contributed by atoms with Crippen molar-refractivity contribution in [3.8, 4) is 0 Å². The topological polar surface area (TPSA) is 37.4 Å². The number of hydrogen-bond donors (Lipinski definition) is 0. The van der Waals surface area contributed by atoms with Crippen molar-refractivity contribution in [3.63, 3.8) is 0 Å². The molecular formula is C12H18BrNO2S. The number of alkyl halides is 1. The van der Waals surface area contributed by atoms with Crippen LogP contribution in [0.25, 0.3) is 0 Å². The Balaban J connectivity index is 2.78. The Bertz CT molecular complexity index is 413. The molecule has 0 spiro atoms. The Labute approximate surface area is 112 Å². The van der Waals surface area contributed by atoms with E-state index in [4.69, 9.17) is 0 Å². The van der Waals surface area contributed by atoms with Crippen LogP contribution in [0.4, 0.5) is 0 Å². The molecule has 96 valence electrons. The zero-order valence-electron chi connectivity index (χ0n) is 9.97. The largest absolute Gasteiger partial charge is 0.218 e. The molecule has 0 unspecified atom stereocenters. The van der Waals surface area contributed by atoms with E-state index in [0.29, 0.717) is 18.4 Å². The zero-order chi connectivity index (χ0) is 12.7. The first kappa shape index (κ1) is 14.7. The summed E-state index contributed by atoms with van der Waals surface area (Å²) < 4.78 is 25.9. The van der Waals surface area contributed by atoms with Gasteiger partial charge in [0.15, 0.2) is 0 Å². The molecule has 0 aromatic heterocycles. The number of benzene rings is 1. The van der Waals surface area contributed by atoms with E-state index in [9.17, 15) is 8.42 Å². The summed E-state index contributed by atoms with van der Waals surface area (Å²) >= 11 is 3.29. The summed E-state index contributed by atoms with van der Waals surface area (Å²) in [5.41, 5.74) is 0.836. The lowest BCUT2D eigenvalue weighted by atomic mass is 10.2. The molecule has 0 saturated carbocycles. The highest BCUT2D eigenvalue weighted by Gasteiger charge is 2.20. The molecule has 0 fully saturated rings. The van der Waals surface area contributed by atoms with Crippen LogP contribution in [-0.2, 0) is 15.8 Å². The van der Waals surface area contributed by atoms with Crippen LogP contribution in [0.2, 0.25) is 0 Å². The molecule has 1 aromatic carbocycles. The first-order valence-electron chi connectivity index (χ1n) is 5.68. The molecule has 1 rings (SSSR count). The minimum absolute atomic E-state index is 0.0842. The van der Waals surface area contributed by atoms with Gasteiger partial charge in [-0.05, 0) is 12.0 Å². The molecule has 3 nitrogen and oxygen atoms in total. The number of nitrogens with zero attached hydrogens (tertiary/aromatic N) is 1.